The van der Waals surface area contributed by atoms with Crippen LogP contribution in [0, 0.1) is 5.82 Å². The normalized spacial score (nSPS) is 16.1. The van der Waals surface area contributed by atoms with E-state index in [-0.39, 0.29) is 11.9 Å². The number of halogens is 1. The number of likely N-dealkylation sites (N-methyl/N-ethyl adjacent to an activating group) is 1. The zero-order valence-corrected chi connectivity index (χ0v) is 13.3. The smallest absolute Gasteiger partial charge is 0.123 e. The van der Waals surface area contributed by atoms with Gasteiger partial charge in [-0.3, -0.25) is 4.90 Å². The van der Waals surface area contributed by atoms with Gasteiger partial charge in [-0.15, -0.1) is 0 Å². The molecule has 20 heavy (non-hydrogen) atoms. The lowest BCUT2D eigenvalue weighted by Gasteiger charge is -2.42. The quantitative estimate of drug-likeness (QED) is 0.782. The van der Waals surface area contributed by atoms with Crippen molar-refractivity contribution in [3.63, 3.8) is 0 Å². The van der Waals surface area contributed by atoms with E-state index in [1.165, 1.54) is 12.1 Å². The van der Waals surface area contributed by atoms with Crippen LogP contribution in [0.15, 0.2) is 24.3 Å². The Balaban J connectivity index is 3.04. The summed E-state index contributed by atoms with van der Waals surface area (Å²) in [5.41, 5.74) is 7.20. The molecule has 0 aliphatic carbocycles. The Morgan fingerprint density at radius 2 is 1.70 bits per heavy atom. The van der Waals surface area contributed by atoms with Crippen molar-refractivity contribution < 1.29 is 4.39 Å². The van der Waals surface area contributed by atoms with Crippen LogP contribution in [-0.4, -0.2) is 24.0 Å². The molecule has 2 N–H and O–H groups in total. The third-order valence-electron chi connectivity index (χ3n) is 4.24. The van der Waals surface area contributed by atoms with E-state index in [0.717, 1.165) is 37.9 Å². The second-order valence-electron chi connectivity index (χ2n) is 5.67. The van der Waals surface area contributed by atoms with Crippen LogP contribution in [0.3, 0.4) is 0 Å². The topological polar surface area (TPSA) is 29.3 Å². The molecule has 0 amide bonds. The second kappa shape index (κ2) is 7.75. The summed E-state index contributed by atoms with van der Waals surface area (Å²) in [5.74, 6) is -0.211. The molecular weight excluding hydrogens is 251 g/mol. The van der Waals surface area contributed by atoms with Crippen LogP contribution in [0.1, 0.15) is 52.5 Å². The maximum Gasteiger partial charge on any atom is 0.123 e. The first-order chi connectivity index (χ1) is 9.47. The van der Waals surface area contributed by atoms with E-state index < -0.39 is 5.54 Å². The molecule has 0 spiro atoms. The van der Waals surface area contributed by atoms with Gasteiger partial charge < -0.3 is 5.73 Å². The second-order valence-corrected chi connectivity index (χ2v) is 5.67. The van der Waals surface area contributed by atoms with Crippen LogP contribution >= 0.6 is 0 Å². The fraction of sp³-hybridized carbons (Fsp3) is 0.647. The van der Waals surface area contributed by atoms with E-state index in [9.17, 15) is 4.39 Å². The van der Waals surface area contributed by atoms with Gasteiger partial charge in [-0.05, 0) is 44.1 Å². The van der Waals surface area contributed by atoms with Gasteiger partial charge in [0.1, 0.15) is 5.82 Å². The van der Waals surface area contributed by atoms with Gasteiger partial charge >= 0.3 is 0 Å². The van der Waals surface area contributed by atoms with Crippen molar-refractivity contribution in [2.24, 2.45) is 5.73 Å². The maximum atomic E-state index is 13.1. The molecule has 2 nitrogen and oxygen atoms in total. The molecule has 1 aromatic carbocycles. The van der Waals surface area contributed by atoms with E-state index in [1.54, 1.807) is 0 Å². The van der Waals surface area contributed by atoms with Crippen molar-refractivity contribution in [3.8, 4) is 0 Å². The van der Waals surface area contributed by atoms with Gasteiger partial charge in [0.2, 0.25) is 0 Å². The van der Waals surface area contributed by atoms with Gasteiger partial charge in [0.05, 0.1) is 5.54 Å². The van der Waals surface area contributed by atoms with Crippen molar-refractivity contribution in [2.45, 2.75) is 58.5 Å². The molecule has 0 saturated carbocycles. The third kappa shape index (κ3) is 4.03. The lowest BCUT2D eigenvalue weighted by molar-refractivity contribution is 0.128. The highest BCUT2D eigenvalue weighted by Crippen LogP contribution is 2.29. The SMILES string of the molecule is CCCCC(N(CC)CC)C(C)(N)c1ccc(F)cc1. The van der Waals surface area contributed by atoms with Crippen molar-refractivity contribution in [2.75, 3.05) is 13.1 Å². The van der Waals surface area contributed by atoms with E-state index in [2.05, 4.69) is 32.6 Å². The third-order valence-corrected chi connectivity index (χ3v) is 4.24. The van der Waals surface area contributed by atoms with Crippen molar-refractivity contribution in [1.82, 2.24) is 4.90 Å². The summed E-state index contributed by atoms with van der Waals surface area (Å²) in [6, 6.07) is 6.91. The summed E-state index contributed by atoms with van der Waals surface area (Å²) in [7, 11) is 0. The van der Waals surface area contributed by atoms with Crippen molar-refractivity contribution >= 4 is 0 Å². The molecule has 0 fully saturated rings. The average molecular weight is 280 g/mol. The molecule has 1 aromatic rings. The van der Waals surface area contributed by atoms with Gasteiger partial charge in [-0.25, -0.2) is 4.39 Å². The lowest BCUT2D eigenvalue weighted by atomic mass is 9.82. The van der Waals surface area contributed by atoms with E-state index in [0.29, 0.717) is 0 Å². The molecule has 0 heterocycles. The highest BCUT2D eigenvalue weighted by molar-refractivity contribution is 5.26. The minimum absolute atomic E-state index is 0.211. The number of hydrogen-bond donors (Lipinski definition) is 1. The summed E-state index contributed by atoms with van der Waals surface area (Å²) >= 11 is 0. The molecule has 0 aliphatic rings. The zero-order valence-electron chi connectivity index (χ0n) is 13.3. The lowest BCUT2D eigenvalue weighted by Crippen LogP contribution is -2.54. The fourth-order valence-electron chi connectivity index (χ4n) is 2.92. The molecule has 0 radical (unpaired) electrons. The number of nitrogens with zero attached hydrogens (tertiary/aromatic N) is 1. The Hall–Kier alpha value is -0.930. The first-order valence-corrected chi connectivity index (χ1v) is 7.76. The standard InChI is InChI=1S/C17H29FN2/c1-5-8-9-16(20(6-2)7-3)17(4,19)14-10-12-15(18)13-11-14/h10-13,16H,5-9,19H2,1-4H3. The summed E-state index contributed by atoms with van der Waals surface area (Å²) in [4.78, 5) is 2.42. The predicted molar refractivity (Wildman–Crippen MR) is 84.2 cm³/mol. The number of nitrogens with two attached hydrogens (primary N) is 1. The van der Waals surface area contributed by atoms with E-state index in [4.69, 9.17) is 5.73 Å². The number of benzene rings is 1. The van der Waals surface area contributed by atoms with Gasteiger partial charge in [0.15, 0.2) is 0 Å². The summed E-state index contributed by atoms with van der Waals surface area (Å²) in [5, 5.41) is 0. The largest absolute Gasteiger partial charge is 0.320 e. The maximum absolute atomic E-state index is 13.1. The number of hydrogen-bond acceptors (Lipinski definition) is 2. The van der Waals surface area contributed by atoms with Crippen LogP contribution in [0.2, 0.25) is 0 Å². The monoisotopic (exact) mass is 280 g/mol. The Morgan fingerprint density at radius 1 is 1.15 bits per heavy atom. The Kier molecular flexibility index (Phi) is 6.63. The Bertz CT molecular complexity index is 382. The summed E-state index contributed by atoms with van der Waals surface area (Å²) in [6.45, 7) is 10.6. The molecule has 0 saturated heterocycles. The van der Waals surface area contributed by atoms with Crippen molar-refractivity contribution in [1.29, 1.82) is 0 Å². The minimum Gasteiger partial charge on any atom is -0.320 e. The van der Waals surface area contributed by atoms with E-state index in [1.807, 2.05) is 12.1 Å². The van der Waals surface area contributed by atoms with Gasteiger partial charge in [-0.2, -0.15) is 0 Å². The fourth-order valence-corrected chi connectivity index (χ4v) is 2.92. The minimum atomic E-state index is -0.463. The van der Waals surface area contributed by atoms with Gasteiger partial charge in [0.25, 0.3) is 0 Å². The highest BCUT2D eigenvalue weighted by atomic mass is 19.1. The van der Waals surface area contributed by atoms with Crippen LogP contribution < -0.4 is 5.73 Å². The summed E-state index contributed by atoms with van der Waals surface area (Å²) in [6.07, 6.45) is 3.40. The molecule has 3 heteroatoms. The molecular formula is C17H29FN2. The van der Waals surface area contributed by atoms with Crippen molar-refractivity contribution in [3.05, 3.63) is 35.6 Å². The first kappa shape index (κ1) is 17.1. The molecule has 0 bridgehead atoms. The zero-order chi connectivity index (χ0) is 15.2. The van der Waals surface area contributed by atoms with Crippen LogP contribution in [0.4, 0.5) is 4.39 Å². The molecule has 0 aliphatic heterocycles. The Labute approximate surface area is 123 Å². The highest BCUT2D eigenvalue weighted by Gasteiger charge is 2.34. The average Bonchev–Trinajstić information content (AvgIpc) is 2.43. The molecule has 0 aromatic heterocycles. The Morgan fingerprint density at radius 3 is 2.15 bits per heavy atom. The van der Waals surface area contributed by atoms with Crippen LogP contribution in [0.5, 0.6) is 0 Å². The first-order valence-electron chi connectivity index (χ1n) is 7.76. The molecule has 2 unspecified atom stereocenters. The van der Waals surface area contributed by atoms with Gasteiger partial charge in [0, 0.05) is 6.04 Å². The molecule has 1 rings (SSSR count). The van der Waals surface area contributed by atoms with Crippen LogP contribution in [-0.2, 0) is 5.54 Å². The number of unbranched alkanes of at least 4 members (excludes halogenated alkanes) is 1. The summed E-state index contributed by atoms with van der Waals surface area (Å²) < 4.78 is 13.1. The molecule has 114 valence electrons. The predicted octanol–water partition coefficient (Wildman–Crippen LogP) is 3.90. The van der Waals surface area contributed by atoms with Crippen LogP contribution in [0.25, 0.3) is 0 Å². The van der Waals surface area contributed by atoms with Gasteiger partial charge in [-0.1, -0.05) is 45.7 Å². The number of rotatable bonds is 8. The van der Waals surface area contributed by atoms with E-state index >= 15 is 0 Å². The molecule has 2 atom stereocenters.